The molecule has 0 saturated heterocycles. The smallest absolute Gasteiger partial charge is 0.309 e. The Labute approximate surface area is 84.1 Å². The van der Waals surface area contributed by atoms with Gasteiger partial charge in [0, 0.05) is 6.61 Å². The van der Waals surface area contributed by atoms with Gasteiger partial charge in [-0.05, 0) is 18.3 Å². The fourth-order valence-electron chi connectivity index (χ4n) is 1.61. The van der Waals surface area contributed by atoms with Crippen LogP contribution in [0.2, 0.25) is 0 Å². The van der Waals surface area contributed by atoms with Crippen molar-refractivity contribution in [3.63, 3.8) is 0 Å². The summed E-state index contributed by atoms with van der Waals surface area (Å²) in [6.07, 6.45) is 4.79. The largest absolute Gasteiger partial charge is 0.469 e. The number of aliphatic hydroxyl groups excluding tert-OH is 1. The van der Waals surface area contributed by atoms with E-state index in [9.17, 15) is 4.79 Å². The predicted octanol–water partition coefficient (Wildman–Crippen LogP) is 1.29. The molecule has 1 rings (SSSR count). The highest BCUT2D eigenvalue weighted by atomic mass is 16.5. The van der Waals surface area contributed by atoms with E-state index in [1.807, 2.05) is 6.08 Å². The molecule has 0 bridgehead atoms. The Balaban J connectivity index is 2.53. The van der Waals surface area contributed by atoms with Crippen LogP contribution in [-0.2, 0) is 9.53 Å². The van der Waals surface area contributed by atoms with Gasteiger partial charge in [-0.1, -0.05) is 24.3 Å². The van der Waals surface area contributed by atoms with Crippen molar-refractivity contribution in [1.29, 1.82) is 0 Å². The predicted molar refractivity (Wildman–Crippen MR) is 53.6 cm³/mol. The van der Waals surface area contributed by atoms with Crippen LogP contribution in [0.15, 0.2) is 24.3 Å². The lowest BCUT2D eigenvalue weighted by atomic mass is 10.1. The zero-order chi connectivity index (χ0) is 10.6. The van der Waals surface area contributed by atoms with Gasteiger partial charge < -0.3 is 9.84 Å². The zero-order valence-electron chi connectivity index (χ0n) is 8.40. The molecule has 3 heteroatoms. The second-order valence-electron chi connectivity index (χ2n) is 3.52. The molecule has 14 heavy (non-hydrogen) atoms. The first-order valence-electron chi connectivity index (χ1n) is 4.72. The third-order valence-electron chi connectivity index (χ3n) is 2.54. The highest BCUT2D eigenvalue weighted by Crippen LogP contribution is 2.44. The molecule has 1 saturated carbocycles. The Morgan fingerprint density at radius 2 is 2.43 bits per heavy atom. The highest BCUT2D eigenvalue weighted by Gasteiger charge is 2.39. The Hall–Kier alpha value is -1.09. The van der Waals surface area contributed by atoms with Gasteiger partial charge in [-0.15, -0.1) is 0 Å². The zero-order valence-corrected chi connectivity index (χ0v) is 8.40. The molecule has 1 fully saturated rings. The van der Waals surface area contributed by atoms with E-state index in [1.54, 1.807) is 6.08 Å². The van der Waals surface area contributed by atoms with Crippen LogP contribution < -0.4 is 0 Å². The van der Waals surface area contributed by atoms with E-state index in [2.05, 4.69) is 11.3 Å². The minimum atomic E-state index is -0.235. The number of allylic oxidation sites excluding steroid dienone is 2. The molecule has 3 nitrogen and oxygen atoms in total. The second kappa shape index (κ2) is 4.96. The third kappa shape index (κ3) is 2.70. The van der Waals surface area contributed by atoms with Crippen LogP contribution in [0.25, 0.3) is 0 Å². The van der Waals surface area contributed by atoms with Crippen molar-refractivity contribution in [2.24, 2.45) is 11.8 Å². The maximum absolute atomic E-state index is 11.1. The number of rotatable bonds is 5. The molecule has 0 aromatic rings. The molecule has 0 amide bonds. The molecule has 78 valence electrons. The number of carbonyl (C=O) groups is 1. The summed E-state index contributed by atoms with van der Waals surface area (Å²) < 4.78 is 4.60. The standard InChI is InChI=1S/C11H16O3/c1-3-4-8(6-11(13)14-2)10-5-9(10)7-12/h3-4,9-10,12H,1,5-7H2,2H3/b8-4-/t9-,10-/m0/s1. The lowest BCUT2D eigenvalue weighted by Crippen LogP contribution is -2.04. The summed E-state index contributed by atoms with van der Waals surface area (Å²) in [5.41, 5.74) is 1.02. The number of hydrogen-bond acceptors (Lipinski definition) is 3. The van der Waals surface area contributed by atoms with E-state index in [1.165, 1.54) is 7.11 Å². The van der Waals surface area contributed by atoms with Crippen LogP contribution >= 0.6 is 0 Å². The van der Waals surface area contributed by atoms with Crippen LogP contribution in [0.4, 0.5) is 0 Å². The summed E-state index contributed by atoms with van der Waals surface area (Å²) in [5, 5.41) is 8.92. The van der Waals surface area contributed by atoms with Gasteiger partial charge in [0.05, 0.1) is 13.5 Å². The molecule has 1 aliphatic rings. The second-order valence-corrected chi connectivity index (χ2v) is 3.52. The van der Waals surface area contributed by atoms with Gasteiger partial charge in [-0.3, -0.25) is 4.79 Å². The van der Waals surface area contributed by atoms with Crippen molar-refractivity contribution in [1.82, 2.24) is 0 Å². The van der Waals surface area contributed by atoms with Crippen molar-refractivity contribution >= 4 is 5.97 Å². The van der Waals surface area contributed by atoms with Crippen molar-refractivity contribution in [3.05, 3.63) is 24.3 Å². The maximum atomic E-state index is 11.1. The highest BCUT2D eigenvalue weighted by molar-refractivity contribution is 5.72. The van der Waals surface area contributed by atoms with Crippen molar-refractivity contribution < 1.29 is 14.6 Å². The molecule has 0 spiro atoms. The van der Waals surface area contributed by atoms with Crippen LogP contribution in [-0.4, -0.2) is 24.8 Å². The normalized spacial score (nSPS) is 25.7. The van der Waals surface area contributed by atoms with E-state index in [4.69, 9.17) is 5.11 Å². The van der Waals surface area contributed by atoms with Gasteiger partial charge in [-0.2, -0.15) is 0 Å². The Morgan fingerprint density at radius 1 is 1.71 bits per heavy atom. The van der Waals surface area contributed by atoms with E-state index in [0.717, 1.165) is 12.0 Å². The molecule has 0 aromatic carbocycles. The van der Waals surface area contributed by atoms with E-state index >= 15 is 0 Å². The summed E-state index contributed by atoms with van der Waals surface area (Å²) in [6.45, 7) is 3.80. The summed E-state index contributed by atoms with van der Waals surface area (Å²) in [5.74, 6) is 0.435. The molecule has 0 radical (unpaired) electrons. The Morgan fingerprint density at radius 3 is 2.86 bits per heavy atom. The first kappa shape index (κ1) is 11.0. The Bertz CT molecular complexity index is 255. The van der Waals surface area contributed by atoms with Gasteiger partial charge in [0.1, 0.15) is 0 Å². The van der Waals surface area contributed by atoms with Crippen LogP contribution in [0, 0.1) is 11.8 Å². The molecular formula is C11H16O3. The number of methoxy groups -OCH3 is 1. The molecule has 1 N–H and O–H groups in total. The minimum Gasteiger partial charge on any atom is -0.469 e. The molecule has 0 aromatic heterocycles. The molecule has 2 atom stereocenters. The average molecular weight is 196 g/mol. The lowest BCUT2D eigenvalue weighted by Gasteiger charge is -2.04. The first-order chi connectivity index (χ1) is 6.72. The van der Waals surface area contributed by atoms with E-state index in [-0.39, 0.29) is 12.6 Å². The lowest BCUT2D eigenvalue weighted by molar-refractivity contribution is -0.139. The number of aliphatic hydroxyl groups is 1. The third-order valence-corrected chi connectivity index (χ3v) is 2.54. The quantitative estimate of drug-likeness (QED) is 0.532. The first-order valence-corrected chi connectivity index (χ1v) is 4.72. The monoisotopic (exact) mass is 196 g/mol. The number of hydrogen-bond donors (Lipinski definition) is 1. The Kier molecular flexibility index (Phi) is 3.89. The minimum absolute atomic E-state index is 0.195. The van der Waals surface area contributed by atoms with Gasteiger partial charge in [-0.25, -0.2) is 0 Å². The fourth-order valence-corrected chi connectivity index (χ4v) is 1.61. The summed E-state index contributed by atoms with van der Waals surface area (Å²) in [7, 11) is 1.38. The number of ether oxygens (including phenoxy) is 1. The van der Waals surface area contributed by atoms with Gasteiger partial charge in [0.15, 0.2) is 0 Å². The van der Waals surface area contributed by atoms with Crippen LogP contribution in [0.5, 0.6) is 0 Å². The molecule has 0 aliphatic heterocycles. The topological polar surface area (TPSA) is 46.5 Å². The maximum Gasteiger partial charge on any atom is 0.309 e. The molecular weight excluding hydrogens is 180 g/mol. The summed E-state index contributed by atoms with van der Waals surface area (Å²) in [6, 6.07) is 0. The average Bonchev–Trinajstić information content (AvgIpc) is 2.96. The molecule has 0 heterocycles. The number of esters is 1. The molecule has 0 unspecified atom stereocenters. The van der Waals surface area contributed by atoms with Crippen molar-refractivity contribution in [3.8, 4) is 0 Å². The SMILES string of the molecule is C=C/C=C(/CC(=O)OC)[C@@H]1C[C@H]1CO. The summed E-state index contributed by atoms with van der Waals surface area (Å²) in [4.78, 5) is 11.1. The van der Waals surface area contributed by atoms with Crippen molar-refractivity contribution in [2.45, 2.75) is 12.8 Å². The van der Waals surface area contributed by atoms with E-state index < -0.39 is 0 Å². The van der Waals surface area contributed by atoms with Crippen molar-refractivity contribution in [2.75, 3.05) is 13.7 Å². The molecule has 1 aliphatic carbocycles. The van der Waals surface area contributed by atoms with Gasteiger partial charge in [0.25, 0.3) is 0 Å². The van der Waals surface area contributed by atoms with Crippen LogP contribution in [0.1, 0.15) is 12.8 Å². The van der Waals surface area contributed by atoms with E-state index in [0.29, 0.717) is 18.3 Å². The van der Waals surface area contributed by atoms with Gasteiger partial charge >= 0.3 is 5.97 Å². The fraction of sp³-hybridized carbons (Fsp3) is 0.545. The van der Waals surface area contributed by atoms with Gasteiger partial charge in [0.2, 0.25) is 0 Å². The summed E-state index contributed by atoms with van der Waals surface area (Å²) >= 11 is 0. The number of carbonyl (C=O) groups excluding carboxylic acids is 1. The van der Waals surface area contributed by atoms with Crippen LogP contribution in [0.3, 0.4) is 0 Å².